The number of hydrogen-bond acceptors (Lipinski definition) is 7. The molecule has 0 bridgehead atoms. The van der Waals surface area contributed by atoms with E-state index in [1.54, 1.807) is 18.9 Å². The largest absolute Gasteiger partial charge is 0.493 e. The van der Waals surface area contributed by atoms with Gasteiger partial charge in [-0.25, -0.2) is 4.68 Å². The summed E-state index contributed by atoms with van der Waals surface area (Å²) in [6, 6.07) is 14.1. The summed E-state index contributed by atoms with van der Waals surface area (Å²) in [7, 11) is 3.15. The third kappa shape index (κ3) is 6.38. The van der Waals surface area contributed by atoms with E-state index >= 15 is 0 Å². The number of carbonyl (C=O) groups excluding carboxylic acids is 2. The summed E-state index contributed by atoms with van der Waals surface area (Å²) in [5.74, 6) is 0.890. The van der Waals surface area contributed by atoms with Crippen molar-refractivity contribution in [1.82, 2.24) is 30.4 Å². The molecule has 0 spiro atoms. The van der Waals surface area contributed by atoms with Crippen LogP contribution in [-0.2, 0) is 28.1 Å². The minimum atomic E-state index is -1.01. The van der Waals surface area contributed by atoms with Gasteiger partial charge in [0, 0.05) is 20.0 Å². The maximum Gasteiger partial charge on any atom is 0.251 e. The Morgan fingerprint density at radius 3 is 2.33 bits per heavy atom. The third-order valence-electron chi connectivity index (χ3n) is 5.74. The molecule has 0 fully saturated rings. The highest BCUT2D eigenvalue weighted by Crippen LogP contribution is 2.29. The number of benzene rings is 2. The first-order valence-electron chi connectivity index (χ1n) is 11.7. The van der Waals surface area contributed by atoms with E-state index in [9.17, 15) is 9.59 Å². The van der Waals surface area contributed by atoms with E-state index in [0.29, 0.717) is 30.3 Å². The topological polar surface area (TPSA) is 111 Å². The molecule has 1 heterocycles. The number of ether oxygens (including phenoxy) is 2. The lowest BCUT2D eigenvalue weighted by atomic mass is 10.1. The summed E-state index contributed by atoms with van der Waals surface area (Å²) in [6.45, 7) is 7.84. The molecule has 1 aromatic heterocycles. The molecule has 0 radical (unpaired) electrons. The van der Waals surface area contributed by atoms with Crippen molar-refractivity contribution in [2.75, 3.05) is 20.8 Å². The van der Waals surface area contributed by atoms with Crippen LogP contribution >= 0.6 is 0 Å². The van der Waals surface area contributed by atoms with E-state index in [-0.39, 0.29) is 18.4 Å². The van der Waals surface area contributed by atoms with Gasteiger partial charge in [-0.05, 0) is 60.9 Å². The molecule has 10 nitrogen and oxygen atoms in total. The number of amides is 2. The number of aromatic nitrogens is 4. The molecule has 2 amide bonds. The Kier molecular flexibility index (Phi) is 8.63. The highest BCUT2D eigenvalue weighted by molar-refractivity contribution is 5.87. The zero-order chi connectivity index (χ0) is 26.3. The summed E-state index contributed by atoms with van der Waals surface area (Å²) >= 11 is 0. The standard InChI is InChI=1S/C26H34N6O4/c1-18(33)31(15-14-19-12-13-21(35-5)22(16-19)36-6)23(24-28-29-30-32(24)26(2,3)4)25(34)27-17-20-10-8-7-9-11-20/h7-13,16,23H,14-15,17H2,1-6H3,(H,27,34). The van der Waals surface area contributed by atoms with E-state index in [1.165, 1.54) is 11.8 Å². The van der Waals surface area contributed by atoms with Crippen LogP contribution < -0.4 is 14.8 Å². The Bertz CT molecular complexity index is 1170. The fourth-order valence-corrected chi connectivity index (χ4v) is 3.88. The van der Waals surface area contributed by atoms with Crippen LogP contribution in [0.4, 0.5) is 0 Å². The van der Waals surface area contributed by atoms with Gasteiger partial charge >= 0.3 is 0 Å². The van der Waals surface area contributed by atoms with E-state index in [0.717, 1.165) is 11.1 Å². The Balaban J connectivity index is 1.92. The average molecular weight is 495 g/mol. The van der Waals surface area contributed by atoms with Gasteiger partial charge in [0.1, 0.15) is 0 Å². The van der Waals surface area contributed by atoms with Crippen molar-refractivity contribution in [1.29, 1.82) is 0 Å². The first-order valence-corrected chi connectivity index (χ1v) is 11.7. The first-order chi connectivity index (χ1) is 17.2. The van der Waals surface area contributed by atoms with Gasteiger partial charge in [0.2, 0.25) is 5.91 Å². The molecule has 10 heteroatoms. The zero-order valence-corrected chi connectivity index (χ0v) is 21.7. The van der Waals surface area contributed by atoms with E-state index in [2.05, 4.69) is 20.8 Å². The van der Waals surface area contributed by atoms with Crippen LogP contribution in [0.15, 0.2) is 48.5 Å². The van der Waals surface area contributed by atoms with Gasteiger partial charge in [0.25, 0.3) is 5.91 Å². The van der Waals surface area contributed by atoms with E-state index < -0.39 is 11.6 Å². The average Bonchev–Trinajstić information content (AvgIpc) is 3.35. The summed E-state index contributed by atoms with van der Waals surface area (Å²) in [5, 5.41) is 15.1. The van der Waals surface area contributed by atoms with Gasteiger partial charge in [-0.15, -0.1) is 5.10 Å². The number of nitrogens with zero attached hydrogens (tertiary/aromatic N) is 5. The summed E-state index contributed by atoms with van der Waals surface area (Å²) < 4.78 is 12.3. The molecule has 0 saturated carbocycles. The molecule has 1 unspecified atom stereocenters. The molecule has 3 rings (SSSR count). The zero-order valence-electron chi connectivity index (χ0n) is 21.7. The molecular formula is C26H34N6O4. The monoisotopic (exact) mass is 494 g/mol. The number of nitrogens with one attached hydrogen (secondary N) is 1. The fraction of sp³-hybridized carbons (Fsp3) is 0.423. The maximum atomic E-state index is 13.6. The molecule has 1 atom stereocenters. The Morgan fingerprint density at radius 2 is 1.72 bits per heavy atom. The van der Waals surface area contributed by atoms with Crippen LogP contribution in [0.2, 0.25) is 0 Å². The molecular weight excluding hydrogens is 460 g/mol. The van der Waals surface area contributed by atoms with Crippen LogP contribution in [0, 0.1) is 0 Å². The lowest BCUT2D eigenvalue weighted by molar-refractivity contribution is -0.139. The molecule has 0 aliphatic rings. The normalized spacial score (nSPS) is 12.1. The van der Waals surface area contributed by atoms with Gasteiger partial charge in [0.05, 0.1) is 19.8 Å². The quantitative estimate of drug-likeness (QED) is 0.461. The molecule has 3 aromatic rings. The summed E-state index contributed by atoms with van der Waals surface area (Å²) in [5.41, 5.74) is 1.38. The van der Waals surface area contributed by atoms with Gasteiger partial charge in [-0.2, -0.15) is 0 Å². The lowest BCUT2D eigenvalue weighted by Crippen LogP contribution is -2.46. The van der Waals surface area contributed by atoms with E-state index in [4.69, 9.17) is 9.47 Å². The molecule has 0 aliphatic carbocycles. The number of rotatable bonds is 10. The number of carbonyl (C=O) groups is 2. The molecule has 36 heavy (non-hydrogen) atoms. The van der Waals surface area contributed by atoms with Crippen molar-refractivity contribution in [3.8, 4) is 11.5 Å². The number of tetrazole rings is 1. The van der Waals surface area contributed by atoms with Gasteiger partial charge in [-0.1, -0.05) is 36.4 Å². The van der Waals surface area contributed by atoms with E-state index in [1.807, 2.05) is 69.3 Å². The van der Waals surface area contributed by atoms with Crippen molar-refractivity contribution in [2.24, 2.45) is 0 Å². The second-order valence-corrected chi connectivity index (χ2v) is 9.38. The molecule has 0 saturated heterocycles. The lowest BCUT2D eigenvalue weighted by Gasteiger charge is -2.31. The summed E-state index contributed by atoms with van der Waals surface area (Å²) in [6.07, 6.45) is 0.486. The smallest absolute Gasteiger partial charge is 0.251 e. The molecule has 2 aromatic carbocycles. The predicted molar refractivity (Wildman–Crippen MR) is 134 cm³/mol. The maximum absolute atomic E-state index is 13.6. The second kappa shape index (κ2) is 11.7. The Labute approximate surface area is 211 Å². The van der Waals surface area contributed by atoms with Crippen LogP contribution in [0.3, 0.4) is 0 Å². The fourth-order valence-electron chi connectivity index (χ4n) is 3.88. The van der Waals surface area contributed by atoms with Gasteiger partial charge in [0.15, 0.2) is 23.4 Å². The van der Waals surface area contributed by atoms with Crippen molar-refractivity contribution in [3.63, 3.8) is 0 Å². The first kappa shape index (κ1) is 26.7. The van der Waals surface area contributed by atoms with Crippen LogP contribution in [0.25, 0.3) is 0 Å². The third-order valence-corrected chi connectivity index (χ3v) is 5.74. The predicted octanol–water partition coefficient (Wildman–Crippen LogP) is 2.89. The second-order valence-electron chi connectivity index (χ2n) is 9.38. The van der Waals surface area contributed by atoms with Crippen LogP contribution in [-0.4, -0.2) is 57.7 Å². The minimum absolute atomic E-state index is 0.265. The Hall–Kier alpha value is -3.95. The van der Waals surface area contributed by atoms with Crippen LogP contribution in [0.1, 0.15) is 50.7 Å². The van der Waals surface area contributed by atoms with Gasteiger partial charge in [-0.3, -0.25) is 9.59 Å². The van der Waals surface area contributed by atoms with Gasteiger partial charge < -0.3 is 19.7 Å². The highest BCUT2D eigenvalue weighted by atomic mass is 16.5. The molecule has 1 N–H and O–H groups in total. The minimum Gasteiger partial charge on any atom is -0.493 e. The highest BCUT2D eigenvalue weighted by Gasteiger charge is 2.36. The Morgan fingerprint density at radius 1 is 1.03 bits per heavy atom. The molecule has 0 aliphatic heterocycles. The number of methoxy groups -OCH3 is 2. The van der Waals surface area contributed by atoms with Crippen molar-refractivity contribution in [3.05, 3.63) is 65.5 Å². The SMILES string of the molecule is COc1ccc(CCN(C(C)=O)C(C(=O)NCc2ccccc2)c2nnnn2C(C)(C)C)cc1OC. The molecule has 192 valence electrons. The van der Waals surface area contributed by atoms with Crippen molar-refractivity contribution < 1.29 is 19.1 Å². The van der Waals surface area contributed by atoms with Crippen molar-refractivity contribution >= 4 is 11.8 Å². The van der Waals surface area contributed by atoms with Crippen molar-refractivity contribution in [2.45, 2.75) is 52.2 Å². The van der Waals surface area contributed by atoms with Crippen LogP contribution in [0.5, 0.6) is 11.5 Å². The summed E-state index contributed by atoms with van der Waals surface area (Å²) in [4.78, 5) is 28.0. The number of hydrogen-bond donors (Lipinski definition) is 1.